The Kier molecular flexibility index (Phi) is 4.67. The second-order valence-corrected chi connectivity index (χ2v) is 6.77. The van der Waals surface area contributed by atoms with Crippen molar-refractivity contribution in [2.24, 2.45) is 5.92 Å². The molecule has 1 nitrogen and oxygen atoms in total. The molecule has 1 aliphatic rings. The van der Waals surface area contributed by atoms with E-state index in [2.05, 4.69) is 73.1 Å². The lowest BCUT2D eigenvalue weighted by molar-refractivity contribution is 0.427. The fraction of sp³-hybridized carbons (Fsp3) is 0.368. The minimum absolute atomic E-state index is 0.381. The summed E-state index contributed by atoms with van der Waals surface area (Å²) in [5.41, 5.74) is 2.79. The fourth-order valence-corrected chi connectivity index (χ4v) is 3.26. The van der Waals surface area contributed by atoms with E-state index in [-0.39, 0.29) is 0 Å². The second kappa shape index (κ2) is 6.67. The van der Waals surface area contributed by atoms with Crippen molar-refractivity contribution < 1.29 is 0 Å². The Balaban J connectivity index is 1.73. The SMILES string of the molecule is CSc1ccc(C(C)NC(c2ccccc2)C2CC2)cc1. The molecule has 21 heavy (non-hydrogen) atoms. The highest BCUT2D eigenvalue weighted by molar-refractivity contribution is 7.98. The second-order valence-electron chi connectivity index (χ2n) is 5.89. The Hall–Kier alpha value is -1.25. The molecule has 0 amide bonds. The van der Waals surface area contributed by atoms with Crippen molar-refractivity contribution in [3.05, 3.63) is 65.7 Å². The van der Waals surface area contributed by atoms with E-state index in [0.29, 0.717) is 12.1 Å². The highest BCUT2D eigenvalue weighted by Crippen LogP contribution is 2.42. The van der Waals surface area contributed by atoms with Crippen molar-refractivity contribution in [1.82, 2.24) is 5.32 Å². The van der Waals surface area contributed by atoms with Crippen molar-refractivity contribution >= 4 is 11.8 Å². The Morgan fingerprint density at radius 2 is 1.62 bits per heavy atom. The number of hydrogen-bond acceptors (Lipinski definition) is 2. The predicted molar refractivity (Wildman–Crippen MR) is 91.7 cm³/mol. The van der Waals surface area contributed by atoms with Crippen LogP contribution in [0.2, 0.25) is 0 Å². The molecular formula is C19H23NS. The van der Waals surface area contributed by atoms with E-state index < -0.39 is 0 Å². The molecule has 2 unspecified atom stereocenters. The van der Waals surface area contributed by atoms with Crippen LogP contribution in [0.15, 0.2) is 59.5 Å². The maximum Gasteiger partial charge on any atom is 0.0353 e. The molecule has 0 aromatic heterocycles. The summed E-state index contributed by atoms with van der Waals surface area (Å²) in [6, 6.07) is 20.7. The third-order valence-corrected chi connectivity index (χ3v) is 5.04. The van der Waals surface area contributed by atoms with Gasteiger partial charge in [-0.2, -0.15) is 0 Å². The van der Waals surface area contributed by atoms with Crippen LogP contribution in [0.1, 0.15) is 43.0 Å². The fourth-order valence-electron chi connectivity index (χ4n) is 2.85. The van der Waals surface area contributed by atoms with Gasteiger partial charge in [-0.25, -0.2) is 0 Å². The van der Waals surface area contributed by atoms with Crippen LogP contribution in [0.5, 0.6) is 0 Å². The first-order chi connectivity index (χ1) is 10.3. The van der Waals surface area contributed by atoms with Gasteiger partial charge < -0.3 is 5.32 Å². The van der Waals surface area contributed by atoms with Crippen molar-refractivity contribution in [2.45, 2.75) is 36.7 Å². The van der Waals surface area contributed by atoms with Gasteiger partial charge in [0.15, 0.2) is 0 Å². The number of nitrogens with one attached hydrogen (secondary N) is 1. The van der Waals surface area contributed by atoms with Crippen LogP contribution >= 0.6 is 11.8 Å². The summed E-state index contributed by atoms with van der Waals surface area (Å²) in [7, 11) is 0. The van der Waals surface area contributed by atoms with Crippen LogP contribution in [0.25, 0.3) is 0 Å². The zero-order chi connectivity index (χ0) is 14.7. The van der Waals surface area contributed by atoms with Gasteiger partial charge >= 0.3 is 0 Å². The lowest BCUT2D eigenvalue weighted by Gasteiger charge is -2.24. The molecule has 2 aromatic rings. The van der Waals surface area contributed by atoms with Gasteiger partial charge in [-0.05, 0) is 55.2 Å². The zero-order valence-electron chi connectivity index (χ0n) is 12.8. The van der Waals surface area contributed by atoms with Crippen LogP contribution < -0.4 is 5.32 Å². The quantitative estimate of drug-likeness (QED) is 0.734. The Bertz CT molecular complexity index is 560. The molecule has 2 atom stereocenters. The molecule has 1 saturated carbocycles. The lowest BCUT2D eigenvalue weighted by atomic mass is 9.99. The number of rotatable bonds is 6. The van der Waals surface area contributed by atoms with E-state index in [9.17, 15) is 0 Å². The number of benzene rings is 2. The molecule has 0 spiro atoms. The van der Waals surface area contributed by atoms with Gasteiger partial charge in [0.2, 0.25) is 0 Å². The van der Waals surface area contributed by atoms with Crippen molar-refractivity contribution in [3.63, 3.8) is 0 Å². The van der Waals surface area contributed by atoms with Crippen LogP contribution in [0.4, 0.5) is 0 Å². The average Bonchev–Trinajstić information content (AvgIpc) is 3.38. The monoisotopic (exact) mass is 297 g/mol. The van der Waals surface area contributed by atoms with E-state index in [1.165, 1.54) is 28.9 Å². The standard InChI is InChI=1S/C19H23NS/c1-14(15-10-12-18(21-2)13-11-15)20-19(17-8-9-17)16-6-4-3-5-7-16/h3-7,10-14,17,19-20H,8-9H2,1-2H3. The van der Waals surface area contributed by atoms with Gasteiger partial charge in [-0.15, -0.1) is 11.8 Å². The first-order valence-electron chi connectivity index (χ1n) is 7.73. The van der Waals surface area contributed by atoms with Crippen molar-refractivity contribution in [3.8, 4) is 0 Å². The van der Waals surface area contributed by atoms with E-state index in [4.69, 9.17) is 0 Å². The number of thioether (sulfide) groups is 1. The average molecular weight is 297 g/mol. The smallest absolute Gasteiger partial charge is 0.0353 e. The van der Waals surface area contributed by atoms with Gasteiger partial charge in [-0.1, -0.05) is 42.5 Å². The van der Waals surface area contributed by atoms with Gasteiger partial charge in [0, 0.05) is 17.0 Å². The summed E-state index contributed by atoms with van der Waals surface area (Å²) in [4.78, 5) is 1.33. The summed E-state index contributed by atoms with van der Waals surface area (Å²) in [6.45, 7) is 2.27. The first-order valence-corrected chi connectivity index (χ1v) is 8.95. The Morgan fingerprint density at radius 3 is 2.19 bits per heavy atom. The maximum absolute atomic E-state index is 3.84. The lowest BCUT2D eigenvalue weighted by Crippen LogP contribution is -2.26. The molecule has 110 valence electrons. The molecule has 1 aliphatic carbocycles. The molecule has 0 saturated heterocycles. The maximum atomic E-state index is 3.84. The van der Waals surface area contributed by atoms with E-state index >= 15 is 0 Å². The topological polar surface area (TPSA) is 12.0 Å². The minimum atomic E-state index is 0.381. The highest BCUT2D eigenvalue weighted by Gasteiger charge is 2.32. The van der Waals surface area contributed by atoms with Gasteiger partial charge in [0.05, 0.1) is 0 Å². The van der Waals surface area contributed by atoms with Crippen molar-refractivity contribution in [1.29, 1.82) is 0 Å². The summed E-state index contributed by atoms with van der Waals surface area (Å²) < 4.78 is 0. The molecule has 1 fully saturated rings. The molecule has 2 aromatic carbocycles. The van der Waals surface area contributed by atoms with E-state index in [1.807, 2.05) is 0 Å². The first kappa shape index (κ1) is 14.7. The third kappa shape index (κ3) is 3.69. The Morgan fingerprint density at radius 1 is 0.952 bits per heavy atom. The zero-order valence-corrected chi connectivity index (χ0v) is 13.6. The van der Waals surface area contributed by atoms with Gasteiger partial charge in [0.1, 0.15) is 0 Å². The summed E-state index contributed by atoms with van der Waals surface area (Å²) in [6.07, 6.45) is 4.82. The summed E-state index contributed by atoms with van der Waals surface area (Å²) >= 11 is 1.79. The largest absolute Gasteiger partial charge is 0.303 e. The van der Waals surface area contributed by atoms with Crippen LogP contribution in [-0.4, -0.2) is 6.26 Å². The van der Waals surface area contributed by atoms with Crippen LogP contribution in [0.3, 0.4) is 0 Å². The van der Waals surface area contributed by atoms with Gasteiger partial charge in [-0.3, -0.25) is 0 Å². The van der Waals surface area contributed by atoms with E-state index in [0.717, 1.165) is 5.92 Å². The summed E-state index contributed by atoms with van der Waals surface area (Å²) in [5, 5.41) is 3.84. The molecule has 2 heteroatoms. The minimum Gasteiger partial charge on any atom is -0.303 e. The van der Waals surface area contributed by atoms with Crippen LogP contribution in [-0.2, 0) is 0 Å². The highest BCUT2D eigenvalue weighted by atomic mass is 32.2. The van der Waals surface area contributed by atoms with Crippen molar-refractivity contribution in [2.75, 3.05) is 6.26 Å². The third-order valence-electron chi connectivity index (χ3n) is 4.30. The molecule has 1 N–H and O–H groups in total. The number of hydrogen-bond donors (Lipinski definition) is 1. The molecule has 0 bridgehead atoms. The molecule has 3 rings (SSSR count). The predicted octanol–water partition coefficient (Wildman–Crippen LogP) is 5.21. The Labute approximate surface area is 132 Å². The summed E-state index contributed by atoms with van der Waals surface area (Å²) in [5.74, 6) is 0.806. The van der Waals surface area contributed by atoms with Gasteiger partial charge in [0.25, 0.3) is 0 Å². The molecular weight excluding hydrogens is 274 g/mol. The molecule has 0 radical (unpaired) electrons. The normalized spacial score (nSPS) is 17.4. The molecule has 0 aliphatic heterocycles. The van der Waals surface area contributed by atoms with Crippen LogP contribution in [0, 0.1) is 5.92 Å². The molecule has 0 heterocycles. The van der Waals surface area contributed by atoms with E-state index in [1.54, 1.807) is 11.8 Å².